The average Bonchev–Trinajstić information content (AvgIpc) is 2.64. The summed E-state index contributed by atoms with van der Waals surface area (Å²) in [4.78, 5) is 15.8. The Bertz CT molecular complexity index is 1040. The summed E-state index contributed by atoms with van der Waals surface area (Å²) in [6.45, 7) is -0.0756. The van der Waals surface area contributed by atoms with Crippen molar-refractivity contribution in [3.05, 3.63) is 87.8 Å². The van der Waals surface area contributed by atoms with Crippen molar-refractivity contribution in [2.45, 2.75) is 18.9 Å². The molecule has 0 aliphatic heterocycles. The van der Waals surface area contributed by atoms with Crippen LogP contribution in [0.4, 0.5) is 38.0 Å². The minimum Gasteiger partial charge on any atom is -0.326 e. The van der Waals surface area contributed by atoms with E-state index in [2.05, 4.69) is 10.3 Å². The van der Waals surface area contributed by atoms with Crippen LogP contribution in [0, 0.1) is 0 Å². The molecule has 152 valence electrons. The molecule has 1 N–H and O–H groups in total. The number of rotatable bonds is 4. The van der Waals surface area contributed by atoms with Crippen molar-refractivity contribution in [2.24, 2.45) is 0 Å². The molecule has 29 heavy (non-hydrogen) atoms. The van der Waals surface area contributed by atoms with Crippen molar-refractivity contribution in [3.63, 3.8) is 0 Å². The number of benzene rings is 2. The summed E-state index contributed by atoms with van der Waals surface area (Å²) in [5.41, 5.74) is -2.59. The molecule has 0 spiro atoms. The molecule has 0 unspecified atom stereocenters. The Morgan fingerprint density at radius 1 is 0.862 bits per heavy atom. The van der Waals surface area contributed by atoms with Crippen LogP contribution in [0.25, 0.3) is 0 Å². The number of nitrogens with zero attached hydrogens (tertiary/aromatic N) is 2. The van der Waals surface area contributed by atoms with Crippen LogP contribution in [0.5, 0.6) is 0 Å². The quantitative estimate of drug-likeness (QED) is 0.608. The molecule has 1 heterocycles. The Morgan fingerprint density at radius 2 is 1.48 bits per heavy atom. The van der Waals surface area contributed by atoms with E-state index in [1.165, 1.54) is 0 Å². The Balaban J connectivity index is 2.02. The largest absolute Gasteiger partial charge is 0.433 e. The van der Waals surface area contributed by atoms with Crippen molar-refractivity contribution in [1.29, 1.82) is 0 Å². The second-order valence-corrected chi connectivity index (χ2v) is 6.07. The highest BCUT2D eigenvalue weighted by atomic mass is 19.4. The third-order valence-corrected chi connectivity index (χ3v) is 3.95. The maximum absolute atomic E-state index is 13.1. The summed E-state index contributed by atoms with van der Waals surface area (Å²) < 4.78 is 78.2. The van der Waals surface area contributed by atoms with E-state index >= 15 is 0 Å². The van der Waals surface area contributed by atoms with Gasteiger partial charge in [-0.2, -0.15) is 26.3 Å². The molecule has 3 rings (SSSR count). The first-order valence-corrected chi connectivity index (χ1v) is 8.21. The highest BCUT2D eigenvalue weighted by Gasteiger charge is 2.34. The summed E-state index contributed by atoms with van der Waals surface area (Å²) in [6, 6.07) is 12.5. The van der Waals surface area contributed by atoms with Gasteiger partial charge in [-0.05, 0) is 29.8 Å². The van der Waals surface area contributed by atoms with Gasteiger partial charge in [0, 0.05) is 11.8 Å². The number of hydrogen-bond donors (Lipinski definition) is 1. The van der Waals surface area contributed by atoms with Gasteiger partial charge in [-0.15, -0.1) is 0 Å². The molecule has 0 aliphatic carbocycles. The molecule has 0 fully saturated rings. The number of aromatic nitrogens is 2. The predicted octanol–water partition coefficient (Wildman–Crippen LogP) is 5.07. The average molecular weight is 413 g/mol. The number of anilines is 2. The van der Waals surface area contributed by atoms with Crippen LogP contribution in [-0.4, -0.2) is 9.55 Å². The smallest absolute Gasteiger partial charge is 0.326 e. The predicted molar refractivity (Wildman–Crippen MR) is 93.8 cm³/mol. The molecule has 2 aromatic carbocycles. The number of halogens is 6. The first kappa shape index (κ1) is 20.4. The molecule has 0 bridgehead atoms. The second-order valence-electron chi connectivity index (χ2n) is 6.07. The van der Waals surface area contributed by atoms with Gasteiger partial charge in [0.1, 0.15) is 0 Å². The van der Waals surface area contributed by atoms with E-state index in [0.29, 0.717) is 11.6 Å². The van der Waals surface area contributed by atoms with Crippen LogP contribution >= 0.6 is 0 Å². The molecule has 0 atom stereocenters. The fraction of sp³-hybridized carbons (Fsp3) is 0.158. The van der Waals surface area contributed by atoms with Crippen LogP contribution in [0.15, 0.2) is 65.5 Å². The van der Waals surface area contributed by atoms with Gasteiger partial charge in [0.25, 0.3) is 5.56 Å². The Morgan fingerprint density at radius 3 is 2.03 bits per heavy atom. The minimum absolute atomic E-state index is 0.0473. The first-order valence-electron chi connectivity index (χ1n) is 8.21. The van der Waals surface area contributed by atoms with Crippen LogP contribution < -0.4 is 10.9 Å². The highest BCUT2D eigenvalue weighted by molar-refractivity contribution is 5.54. The minimum atomic E-state index is -4.86. The molecule has 0 amide bonds. The summed E-state index contributed by atoms with van der Waals surface area (Å²) in [5, 5.41) is 2.51. The van der Waals surface area contributed by atoms with E-state index in [0.717, 1.165) is 28.8 Å². The van der Waals surface area contributed by atoms with Crippen LogP contribution in [0.1, 0.15) is 16.8 Å². The summed E-state index contributed by atoms with van der Waals surface area (Å²) in [6.07, 6.45) is -9.41. The molecular formula is C19H13F6N3O. The molecule has 1 aromatic heterocycles. The summed E-state index contributed by atoms with van der Waals surface area (Å²) in [7, 11) is 0. The van der Waals surface area contributed by atoms with Gasteiger partial charge in [-0.25, -0.2) is 4.98 Å². The number of nitrogens with one attached hydrogen (secondary N) is 1. The highest BCUT2D eigenvalue weighted by Crippen LogP contribution is 2.31. The van der Waals surface area contributed by atoms with Gasteiger partial charge < -0.3 is 5.32 Å². The second kappa shape index (κ2) is 7.61. The van der Waals surface area contributed by atoms with E-state index in [1.54, 1.807) is 30.3 Å². The van der Waals surface area contributed by atoms with Crippen LogP contribution in [-0.2, 0) is 18.9 Å². The topological polar surface area (TPSA) is 46.9 Å². The van der Waals surface area contributed by atoms with Gasteiger partial charge in [0.05, 0.1) is 12.1 Å². The number of alkyl halides is 6. The lowest BCUT2D eigenvalue weighted by atomic mass is 10.2. The summed E-state index contributed by atoms with van der Waals surface area (Å²) >= 11 is 0. The zero-order valence-electron chi connectivity index (χ0n) is 14.6. The molecule has 0 saturated heterocycles. The third kappa shape index (κ3) is 4.95. The van der Waals surface area contributed by atoms with Crippen molar-refractivity contribution in [1.82, 2.24) is 9.55 Å². The van der Waals surface area contributed by atoms with Gasteiger partial charge in [-0.3, -0.25) is 9.36 Å². The molecule has 4 nitrogen and oxygen atoms in total. The lowest BCUT2D eigenvalue weighted by molar-refractivity contribution is -0.141. The number of hydrogen-bond acceptors (Lipinski definition) is 3. The van der Waals surface area contributed by atoms with E-state index in [1.807, 2.05) is 0 Å². The molecule has 0 saturated carbocycles. The standard InChI is InChI=1S/C19H13F6N3O/c20-18(21,22)13-6-8-14(9-7-13)26-17-27-15(19(23,24)25)10-16(29)28(17)11-12-4-2-1-3-5-12/h1-10H,11H2,(H,26,27). The Labute approximate surface area is 160 Å². The molecule has 10 heteroatoms. The molecule has 0 radical (unpaired) electrons. The lowest BCUT2D eigenvalue weighted by Crippen LogP contribution is -2.27. The van der Waals surface area contributed by atoms with Crippen molar-refractivity contribution >= 4 is 11.6 Å². The monoisotopic (exact) mass is 413 g/mol. The SMILES string of the molecule is O=c1cc(C(F)(F)F)nc(Nc2ccc(C(F)(F)F)cc2)n1Cc1ccccc1. The normalized spacial score (nSPS) is 12.1. The molecule has 0 aliphatic rings. The van der Waals surface area contributed by atoms with E-state index in [4.69, 9.17) is 0 Å². The molecular weight excluding hydrogens is 400 g/mol. The van der Waals surface area contributed by atoms with E-state index in [9.17, 15) is 31.1 Å². The van der Waals surface area contributed by atoms with Gasteiger partial charge in [-0.1, -0.05) is 30.3 Å². The summed E-state index contributed by atoms with van der Waals surface area (Å²) in [5.74, 6) is -0.437. The third-order valence-electron chi connectivity index (χ3n) is 3.95. The first-order chi connectivity index (χ1) is 13.5. The zero-order valence-corrected chi connectivity index (χ0v) is 14.6. The maximum atomic E-state index is 13.1. The maximum Gasteiger partial charge on any atom is 0.433 e. The van der Waals surface area contributed by atoms with E-state index < -0.39 is 35.1 Å². The van der Waals surface area contributed by atoms with Gasteiger partial charge in [0.2, 0.25) is 5.95 Å². The molecule has 3 aromatic rings. The zero-order chi connectivity index (χ0) is 21.2. The fourth-order valence-corrected chi connectivity index (χ4v) is 2.54. The van der Waals surface area contributed by atoms with E-state index in [-0.39, 0.29) is 12.2 Å². The lowest BCUT2D eigenvalue weighted by Gasteiger charge is -2.16. The van der Waals surface area contributed by atoms with Crippen LogP contribution in [0.3, 0.4) is 0 Å². The Kier molecular flexibility index (Phi) is 5.36. The van der Waals surface area contributed by atoms with Crippen molar-refractivity contribution in [2.75, 3.05) is 5.32 Å². The van der Waals surface area contributed by atoms with Gasteiger partial charge >= 0.3 is 12.4 Å². The van der Waals surface area contributed by atoms with Crippen molar-refractivity contribution in [3.8, 4) is 0 Å². The van der Waals surface area contributed by atoms with Gasteiger partial charge in [0.15, 0.2) is 5.69 Å². The fourth-order valence-electron chi connectivity index (χ4n) is 2.54. The Hall–Kier alpha value is -3.30. The van der Waals surface area contributed by atoms with Crippen LogP contribution in [0.2, 0.25) is 0 Å². The van der Waals surface area contributed by atoms with Crippen molar-refractivity contribution < 1.29 is 26.3 Å².